The standard InChI is InChI=1S/C22H22O13/c23-8-15-19(35-21(31)10-6-13(26)17(29)14(27)7-10)20(18(30)22(32)33-15)34-16(28)4-2-9-1-3-11(24)12(25)5-9/h1-7,15,18-20,22-27,29-30,32H,8H2. The number of rotatable bonds is 6. The van der Waals surface area contributed by atoms with Crippen molar-refractivity contribution in [3.8, 4) is 28.7 Å². The number of carbonyl (C=O) groups excluding carboxylic acids is 2. The molecule has 0 aromatic heterocycles. The lowest BCUT2D eigenvalue weighted by Gasteiger charge is -2.41. The second-order valence-electron chi connectivity index (χ2n) is 7.45. The van der Waals surface area contributed by atoms with E-state index in [9.17, 15) is 50.4 Å². The molecule has 5 unspecified atom stereocenters. The minimum atomic E-state index is -1.92. The quantitative estimate of drug-likeness (QED) is 0.143. The Morgan fingerprint density at radius 1 is 0.886 bits per heavy atom. The number of carbonyl (C=O) groups is 2. The van der Waals surface area contributed by atoms with E-state index in [-0.39, 0.29) is 5.75 Å². The molecule has 0 saturated carbocycles. The van der Waals surface area contributed by atoms with Crippen molar-refractivity contribution < 1.29 is 64.7 Å². The van der Waals surface area contributed by atoms with Gasteiger partial charge in [0.1, 0.15) is 12.2 Å². The van der Waals surface area contributed by atoms with Gasteiger partial charge in [-0.25, -0.2) is 9.59 Å². The number of aliphatic hydroxyl groups is 3. The van der Waals surface area contributed by atoms with E-state index in [1.807, 2.05) is 0 Å². The molecule has 3 rings (SSSR count). The molecule has 1 fully saturated rings. The highest BCUT2D eigenvalue weighted by Gasteiger charge is 2.49. The van der Waals surface area contributed by atoms with E-state index in [0.717, 1.165) is 24.3 Å². The molecule has 0 bridgehead atoms. The number of benzene rings is 2. The van der Waals surface area contributed by atoms with Crippen LogP contribution in [-0.4, -0.2) is 90.1 Å². The van der Waals surface area contributed by atoms with Crippen LogP contribution in [0.2, 0.25) is 0 Å². The first-order chi connectivity index (χ1) is 16.5. The van der Waals surface area contributed by atoms with Crippen LogP contribution in [0.5, 0.6) is 28.7 Å². The summed E-state index contributed by atoms with van der Waals surface area (Å²) in [5.74, 6) is -5.66. The SMILES string of the molecule is O=C(C=Cc1ccc(O)c(O)c1)OC1C(O)C(O)OC(CO)C1OC(=O)c1cc(O)c(O)c(O)c1. The molecular formula is C22H22O13. The summed E-state index contributed by atoms with van der Waals surface area (Å²) in [5.41, 5.74) is -0.139. The molecule has 35 heavy (non-hydrogen) atoms. The highest BCUT2D eigenvalue weighted by atomic mass is 16.7. The van der Waals surface area contributed by atoms with Crippen LogP contribution in [0.15, 0.2) is 36.4 Å². The molecule has 0 amide bonds. The fraction of sp³-hybridized carbons (Fsp3) is 0.273. The van der Waals surface area contributed by atoms with Gasteiger partial charge in [0.15, 0.2) is 47.2 Å². The summed E-state index contributed by atoms with van der Waals surface area (Å²) in [7, 11) is 0. The molecular weight excluding hydrogens is 472 g/mol. The van der Waals surface area contributed by atoms with Crippen molar-refractivity contribution in [2.75, 3.05) is 6.61 Å². The first-order valence-corrected chi connectivity index (χ1v) is 10.0. The average Bonchev–Trinajstić information content (AvgIpc) is 2.82. The van der Waals surface area contributed by atoms with Crippen LogP contribution in [0, 0.1) is 0 Å². The Hall–Kier alpha value is -4.04. The maximum absolute atomic E-state index is 12.6. The van der Waals surface area contributed by atoms with E-state index in [4.69, 9.17) is 14.2 Å². The molecule has 8 N–H and O–H groups in total. The number of aromatic hydroxyl groups is 5. The van der Waals surface area contributed by atoms with Gasteiger partial charge in [-0.2, -0.15) is 0 Å². The molecule has 0 aliphatic carbocycles. The van der Waals surface area contributed by atoms with Crippen LogP contribution in [0.4, 0.5) is 0 Å². The van der Waals surface area contributed by atoms with Crippen molar-refractivity contribution in [3.63, 3.8) is 0 Å². The average molecular weight is 494 g/mol. The van der Waals surface area contributed by atoms with E-state index < -0.39 is 77.8 Å². The largest absolute Gasteiger partial charge is 0.504 e. The molecule has 0 spiro atoms. The van der Waals surface area contributed by atoms with Crippen molar-refractivity contribution in [1.82, 2.24) is 0 Å². The van der Waals surface area contributed by atoms with Gasteiger partial charge in [-0.3, -0.25) is 0 Å². The van der Waals surface area contributed by atoms with Gasteiger partial charge in [-0.05, 0) is 35.9 Å². The van der Waals surface area contributed by atoms with Gasteiger partial charge in [0, 0.05) is 6.08 Å². The lowest BCUT2D eigenvalue weighted by Crippen LogP contribution is -2.61. The Labute approximate surface area is 196 Å². The van der Waals surface area contributed by atoms with Gasteiger partial charge in [0.25, 0.3) is 0 Å². The molecule has 1 aliphatic rings. The second kappa shape index (κ2) is 10.5. The van der Waals surface area contributed by atoms with Gasteiger partial charge in [0.2, 0.25) is 0 Å². The van der Waals surface area contributed by atoms with E-state index in [0.29, 0.717) is 5.56 Å². The fourth-order valence-electron chi connectivity index (χ4n) is 3.23. The van der Waals surface area contributed by atoms with Crippen molar-refractivity contribution in [2.24, 2.45) is 0 Å². The Morgan fingerprint density at radius 3 is 2.14 bits per heavy atom. The molecule has 2 aromatic carbocycles. The number of phenolic OH excluding ortho intramolecular Hbond substituents is 5. The Bertz CT molecular complexity index is 1110. The molecule has 188 valence electrons. The Kier molecular flexibility index (Phi) is 7.66. The second-order valence-corrected chi connectivity index (χ2v) is 7.45. The topological polar surface area (TPSA) is 224 Å². The molecule has 2 aromatic rings. The molecule has 1 saturated heterocycles. The third kappa shape index (κ3) is 5.73. The maximum atomic E-state index is 12.6. The summed E-state index contributed by atoms with van der Waals surface area (Å²) >= 11 is 0. The molecule has 13 nitrogen and oxygen atoms in total. The van der Waals surface area contributed by atoms with Gasteiger partial charge in [0.05, 0.1) is 12.2 Å². The molecule has 1 heterocycles. The van der Waals surface area contributed by atoms with Crippen LogP contribution in [0.1, 0.15) is 15.9 Å². The highest BCUT2D eigenvalue weighted by molar-refractivity contribution is 5.91. The van der Waals surface area contributed by atoms with Gasteiger partial charge < -0.3 is 55.1 Å². The molecule has 1 aliphatic heterocycles. The summed E-state index contributed by atoms with van der Waals surface area (Å²) in [6.07, 6.45) is -6.57. The van der Waals surface area contributed by atoms with Gasteiger partial charge >= 0.3 is 11.9 Å². The minimum absolute atomic E-state index is 0.299. The smallest absolute Gasteiger partial charge is 0.338 e. The molecule has 5 atom stereocenters. The van der Waals surface area contributed by atoms with Gasteiger partial charge in [-0.15, -0.1) is 0 Å². The third-order valence-corrected chi connectivity index (χ3v) is 5.03. The first kappa shape index (κ1) is 25.6. The van der Waals surface area contributed by atoms with Crippen molar-refractivity contribution in [1.29, 1.82) is 0 Å². The number of hydrogen-bond donors (Lipinski definition) is 8. The summed E-state index contributed by atoms with van der Waals surface area (Å²) < 4.78 is 15.3. The predicted octanol–water partition coefficient (Wildman–Crippen LogP) is -0.564. The maximum Gasteiger partial charge on any atom is 0.338 e. The highest BCUT2D eigenvalue weighted by Crippen LogP contribution is 2.36. The van der Waals surface area contributed by atoms with Crippen molar-refractivity contribution in [3.05, 3.63) is 47.5 Å². The number of ether oxygens (including phenoxy) is 3. The third-order valence-electron chi connectivity index (χ3n) is 5.03. The van der Waals surface area contributed by atoms with E-state index >= 15 is 0 Å². The van der Waals surface area contributed by atoms with Crippen molar-refractivity contribution >= 4 is 18.0 Å². The zero-order valence-corrected chi connectivity index (χ0v) is 17.8. The van der Waals surface area contributed by atoms with Crippen LogP contribution in [0.25, 0.3) is 6.08 Å². The summed E-state index contributed by atoms with van der Waals surface area (Å²) in [6, 6.07) is 5.26. The number of aliphatic hydroxyl groups excluding tert-OH is 3. The lowest BCUT2D eigenvalue weighted by atomic mass is 9.98. The minimum Gasteiger partial charge on any atom is -0.504 e. The zero-order chi connectivity index (χ0) is 25.9. The molecule has 13 heteroatoms. The first-order valence-electron chi connectivity index (χ1n) is 10.0. The monoisotopic (exact) mass is 494 g/mol. The molecule has 0 radical (unpaired) electrons. The Morgan fingerprint density at radius 2 is 1.54 bits per heavy atom. The van der Waals surface area contributed by atoms with E-state index in [1.165, 1.54) is 18.2 Å². The number of phenols is 5. The number of esters is 2. The lowest BCUT2D eigenvalue weighted by molar-refractivity contribution is -0.288. The zero-order valence-electron chi connectivity index (χ0n) is 17.8. The van der Waals surface area contributed by atoms with Crippen molar-refractivity contribution in [2.45, 2.75) is 30.7 Å². The summed E-state index contributed by atoms with van der Waals surface area (Å²) in [4.78, 5) is 24.9. The van der Waals surface area contributed by atoms with Gasteiger partial charge in [-0.1, -0.05) is 6.07 Å². The summed E-state index contributed by atoms with van der Waals surface area (Å²) in [6.45, 7) is -0.829. The van der Waals surface area contributed by atoms with E-state index in [1.54, 1.807) is 0 Å². The van der Waals surface area contributed by atoms with Crippen LogP contribution in [0.3, 0.4) is 0 Å². The predicted molar refractivity (Wildman–Crippen MR) is 113 cm³/mol. The Balaban J connectivity index is 1.81. The van der Waals surface area contributed by atoms with Crippen LogP contribution in [-0.2, 0) is 19.0 Å². The number of hydrogen-bond acceptors (Lipinski definition) is 13. The normalized spacial score (nSPS) is 24.3. The van der Waals surface area contributed by atoms with E-state index in [2.05, 4.69) is 0 Å². The fourth-order valence-corrected chi connectivity index (χ4v) is 3.23. The van der Waals surface area contributed by atoms with Crippen LogP contribution >= 0.6 is 0 Å². The van der Waals surface area contributed by atoms with Crippen LogP contribution < -0.4 is 0 Å². The summed E-state index contributed by atoms with van der Waals surface area (Å²) in [5, 5.41) is 77.3.